The lowest BCUT2D eigenvalue weighted by atomic mass is 10.1. The summed E-state index contributed by atoms with van der Waals surface area (Å²) >= 11 is 3.34. The Kier molecular flexibility index (Phi) is 6.58. The van der Waals surface area contributed by atoms with E-state index >= 15 is 0 Å². The summed E-state index contributed by atoms with van der Waals surface area (Å²) < 4.78 is 10.9. The Morgan fingerprint density at radius 2 is 1.84 bits per heavy atom. The molecule has 1 atom stereocenters. The first-order valence-electron chi connectivity index (χ1n) is 7.78. The Balaban J connectivity index is 1.94. The van der Waals surface area contributed by atoms with Crippen molar-refractivity contribution < 1.29 is 19.1 Å². The van der Waals surface area contributed by atoms with E-state index in [-0.39, 0.29) is 5.91 Å². The lowest BCUT2D eigenvalue weighted by Gasteiger charge is -2.16. The van der Waals surface area contributed by atoms with E-state index < -0.39 is 12.1 Å². The first-order valence-corrected chi connectivity index (χ1v) is 8.57. The summed E-state index contributed by atoms with van der Waals surface area (Å²) in [4.78, 5) is 23.7. The van der Waals surface area contributed by atoms with E-state index in [1.54, 1.807) is 25.1 Å². The number of carbonyl (C=O) groups excluding carboxylic acids is 2. The van der Waals surface area contributed by atoms with Crippen molar-refractivity contribution in [2.24, 2.45) is 0 Å². The zero-order valence-electron chi connectivity index (χ0n) is 14.3. The van der Waals surface area contributed by atoms with Crippen molar-refractivity contribution in [3.8, 4) is 5.75 Å². The molecule has 0 saturated heterocycles. The maximum atomic E-state index is 12.2. The van der Waals surface area contributed by atoms with Crippen LogP contribution in [0.1, 0.15) is 28.4 Å². The number of rotatable bonds is 6. The third kappa shape index (κ3) is 5.32. The third-order valence-corrected chi connectivity index (χ3v) is 4.23. The first kappa shape index (κ1) is 19.0. The van der Waals surface area contributed by atoms with Gasteiger partial charge in [-0.2, -0.15) is 0 Å². The molecular formula is C19H20BrNO4. The van der Waals surface area contributed by atoms with Gasteiger partial charge in [0, 0.05) is 6.54 Å². The molecular weight excluding hydrogens is 386 g/mol. The molecule has 0 aliphatic rings. The predicted octanol–water partition coefficient (Wildman–Crippen LogP) is 3.63. The van der Waals surface area contributed by atoms with E-state index in [1.807, 2.05) is 31.2 Å². The number of aryl methyl sites for hydroxylation is 1. The molecule has 0 spiro atoms. The second-order valence-corrected chi connectivity index (χ2v) is 6.45. The molecule has 0 saturated carbocycles. The molecule has 0 bridgehead atoms. The van der Waals surface area contributed by atoms with Gasteiger partial charge in [-0.15, -0.1) is 0 Å². The summed E-state index contributed by atoms with van der Waals surface area (Å²) in [5.74, 6) is -0.175. The summed E-state index contributed by atoms with van der Waals surface area (Å²) in [6, 6.07) is 12.8. The fraction of sp³-hybridized carbons (Fsp3) is 0.263. The van der Waals surface area contributed by atoms with Gasteiger partial charge >= 0.3 is 5.97 Å². The van der Waals surface area contributed by atoms with Gasteiger partial charge in [0.15, 0.2) is 6.10 Å². The summed E-state index contributed by atoms with van der Waals surface area (Å²) in [5.41, 5.74) is 2.60. The number of nitrogens with one attached hydrogen (secondary N) is 1. The van der Waals surface area contributed by atoms with Crippen LogP contribution in [0, 0.1) is 6.92 Å². The molecule has 6 heteroatoms. The number of methoxy groups -OCH3 is 1. The maximum Gasteiger partial charge on any atom is 0.337 e. The lowest BCUT2D eigenvalue weighted by molar-refractivity contribution is -0.127. The van der Waals surface area contributed by atoms with Crippen LogP contribution >= 0.6 is 15.9 Å². The number of hydrogen-bond acceptors (Lipinski definition) is 4. The highest BCUT2D eigenvalue weighted by Crippen LogP contribution is 2.27. The van der Waals surface area contributed by atoms with Gasteiger partial charge < -0.3 is 14.8 Å². The molecule has 1 unspecified atom stereocenters. The monoisotopic (exact) mass is 405 g/mol. The Bertz CT molecular complexity index is 759. The Hall–Kier alpha value is -2.34. The molecule has 2 aromatic rings. The molecule has 0 radical (unpaired) electrons. The average molecular weight is 406 g/mol. The number of carbonyl (C=O) groups is 2. The van der Waals surface area contributed by atoms with Crippen LogP contribution in [0.3, 0.4) is 0 Å². The second-order valence-electron chi connectivity index (χ2n) is 5.60. The highest BCUT2D eigenvalue weighted by molar-refractivity contribution is 9.10. The van der Waals surface area contributed by atoms with Crippen LogP contribution in [0.5, 0.6) is 5.75 Å². The number of halogens is 1. The molecule has 1 N–H and O–H groups in total. The summed E-state index contributed by atoms with van der Waals surface area (Å²) in [6.07, 6.45) is -0.675. The number of hydrogen-bond donors (Lipinski definition) is 1. The maximum absolute atomic E-state index is 12.2. The van der Waals surface area contributed by atoms with Crippen molar-refractivity contribution in [1.82, 2.24) is 5.32 Å². The normalized spacial score (nSPS) is 11.5. The van der Waals surface area contributed by atoms with Crippen molar-refractivity contribution in [2.75, 3.05) is 7.11 Å². The van der Waals surface area contributed by atoms with E-state index in [2.05, 4.69) is 26.0 Å². The minimum Gasteiger partial charge on any atom is -0.480 e. The van der Waals surface area contributed by atoms with Crippen LogP contribution < -0.4 is 10.1 Å². The minimum atomic E-state index is -0.675. The largest absolute Gasteiger partial charge is 0.480 e. The summed E-state index contributed by atoms with van der Waals surface area (Å²) in [5, 5.41) is 2.84. The number of ether oxygens (including phenoxy) is 2. The molecule has 132 valence electrons. The van der Waals surface area contributed by atoms with Gasteiger partial charge in [-0.1, -0.05) is 29.8 Å². The van der Waals surface area contributed by atoms with Gasteiger partial charge in [-0.3, -0.25) is 4.79 Å². The molecule has 0 aromatic heterocycles. The van der Waals surface area contributed by atoms with Crippen molar-refractivity contribution in [2.45, 2.75) is 26.5 Å². The first-order chi connectivity index (χ1) is 11.9. The van der Waals surface area contributed by atoms with E-state index in [1.165, 1.54) is 12.7 Å². The van der Waals surface area contributed by atoms with Crippen molar-refractivity contribution in [3.05, 3.63) is 63.6 Å². The van der Waals surface area contributed by atoms with Gasteiger partial charge in [0.2, 0.25) is 0 Å². The molecule has 5 nitrogen and oxygen atoms in total. The van der Waals surface area contributed by atoms with Crippen LogP contribution in [0.4, 0.5) is 0 Å². The average Bonchev–Trinajstić information content (AvgIpc) is 2.61. The number of amides is 1. The molecule has 0 heterocycles. The van der Waals surface area contributed by atoms with Gasteiger partial charge in [0.1, 0.15) is 5.75 Å². The minimum absolute atomic E-state index is 0.218. The van der Waals surface area contributed by atoms with E-state index in [9.17, 15) is 9.59 Å². The Labute approximate surface area is 155 Å². The summed E-state index contributed by atoms with van der Waals surface area (Å²) in [6.45, 7) is 4.13. The molecule has 0 aliphatic carbocycles. The topological polar surface area (TPSA) is 64.6 Å². The van der Waals surface area contributed by atoms with Crippen LogP contribution in [-0.4, -0.2) is 25.1 Å². The van der Waals surface area contributed by atoms with Crippen LogP contribution in [-0.2, 0) is 16.1 Å². The van der Waals surface area contributed by atoms with Crippen LogP contribution in [0.25, 0.3) is 0 Å². The molecule has 0 aliphatic heterocycles. The summed E-state index contributed by atoms with van der Waals surface area (Å²) in [7, 11) is 1.32. The lowest BCUT2D eigenvalue weighted by Crippen LogP contribution is -2.36. The Morgan fingerprint density at radius 3 is 2.44 bits per heavy atom. The highest BCUT2D eigenvalue weighted by atomic mass is 79.9. The van der Waals surface area contributed by atoms with Gasteiger partial charge in [-0.25, -0.2) is 4.79 Å². The van der Waals surface area contributed by atoms with E-state index in [0.717, 1.165) is 5.56 Å². The Morgan fingerprint density at radius 1 is 1.16 bits per heavy atom. The smallest absolute Gasteiger partial charge is 0.337 e. The number of benzene rings is 2. The molecule has 1 amide bonds. The highest BCUT2D eigenvalue weighted by Gasteiger charge is 2.17. The standard InChI is InChI=1S/C19H20BrNO4/c1-12-4-6-14(7-5-12)11-21-18(22)13(2)25-17-9-8-15(10-16(17)20)19(23)24-3/h4-10,13H,11H2,1-3H3,(H,21,22). The van der Waals surface area contributed by atoms with Crippen molar-refractivity contribution >= 4 is 27.8 Å². The zero-order valence-corrected chi connectivity index (χ0v) is 15.9. The molecule has 2 rings (SSSR count). The quantitative estimate of drug-likeness (QED) is 0.745. The third-order valence-electron chi connectivity index (χ3n) is 3.61. The van der Waals surface area contributed by atoms with Crippen LogP contribution in [0.15, 0.2) is 46.9 Å². The van der Waals surface area contributed by atoms with Crippen molar-refractivity contribution in [1.29, 1.82) is 0 Å². The van der Waals surface area contributed by atoms with Gasteiger partial charge in [0.25, 0.3) is 5.91 Å². The van der Waals surface area contributed by atoms with E-state index in [0.29, 0.717) is 22.3 Å². The van der Waals surface area contributed by atoms with E-state index in [4.69, 9.17) is 4.74 Å². The molecule has 25 heavy (non-hydrogen) atoms. The second kappa shape index (κ2) is 8.67. The zero-order chi connectivity index (χ0) is 18.4. The van der Waals surface area contributed by atoms with Crippen LogP contribution in [0.2, 0.25) is 0 Å². The fourth-order valence-corrected chi connectivity index (χ4v) is 2.60. The SMILES string of the molecule is COC(=O)c1ccc(OC(C)C(=O)NCc2ccc(C)cc2)c(Br)c1. The molecule has 2 aromatic carbocycles. The predicted molar refractivity (Wildman–Crippen MR) is 98.6 cm³/mol. The molecule has 0 fully saturated rings. The fourth-order valence-electron chi connectivity index (χ4n) is 2.12. The van der Waals surface area contributed by atoms with Crippen molar-refractivity contribution in [3.63, 3.8) is 0 Å². The van der Waals surface area contributed by atoms with Gasteiger partial charge in [-0.05, 0) is 53.5 Å². The number of esters is 1. The van der Waals surface area contributed by atoms with Gasteiger partial charge in [0.05, 0.1) is 17.1 Å².